The van der Waals surface area contributed by atoms with Gasteiger partial charge in [-0.15, -0.1) is 0 Å². The number of hydrogen-bond donors (Lipinski definition) is 1. The van der Waals surface area contributed by atoms with E-state index in [4.69, 9.17) is 4.74 Å². The minimum absolute atomic E-state index is 0.0247. The van der Waals surface area contributed by atoms with Crippen molar-refractivity contribution in [2.75, 3.05) is 7.11 Å². The van der Waals surface area contributed by atoms with Crippen LogP contribution in [0.5, 0.6) is 5.75 Å². The van der Waals surface area contributed by atoms with E-state index in [0.717, 1.165) is 21.9 Å². The summed E-state index contributed by atoms with van der Waals surface area (Å²) in [5.74, 6) is -0.343. The maximum atomic E-state index is 13.6. The van der Waals surface area contributed by atoms with Crippen molar-refractivity contribution in [1.29, 1.82) is 0 Å². The van der Waals surface area contributed by atoms with Crippen LogP contribution in [0.3, 0.4) is 0 Å². The van der Waals surface area contributed by atoms with Crippen molar-refractivity contribution in [1.82, 2.24) is 5.32 Å². The summed E-state index contributed by atoms with van der Waals surface area (Å²) in [6, 6.07) is 9.40. The first-order chi connectivity index (χ1) is 10.0. The quantitative estimate of drug-likeness (QED) is 0.846. The lowest BCUT2D eigenvalue weighted by Crippen LogP contribution is -2.18. The number of ether oxygens (including phenoxy) is 1. The Balaban J connectivity index is 2.04. The van der Waals surface area contributed by atoms with Crippen LogP contribution < -0.4 is 10.1 Å². The molecule has 0 heterocycles. The summed E-state index contributed by atoms with van der Waals surface area (Å²) in [5, 5.41) is 3.22. The molecule has 1 N–H and O–H groups in total. The Morgan fingerprint density at radius 1 is 1.19 bits per heavy atom. The van der Waals surface area contributed by atoms with Gasteiger partial charge in [0.25, 0.3) is 0 Å². The molecule has 0 bridgehead atoms. The van der Waals surface area contributed by atoms with Crippen molar-refractivity contribution in [3.8, 4) is 5.75 Å². The van der Waals surface area contributed by atoms with Gasteiger partial charge in [0.15, 0.2) is 0 Å². The normalized spacial score (nSPS) is 12.2. The van der Waals surface area contributed by atoms with Crippen molar-refractivity contribution >= 4 is 15.9 Å². The van der Waals surface area contributed by atoms with Crippen LogP contribution in [0.2, 0.25) is 0 Å². The number of rotatable bonds is 5. The summed E-state index contributed by atoms with van der Waals surface area (Å²) >= 11 is 3.44. The Morgan fingerprint density at radius 2 is 1.95 bits per heavy atom. The molecule has 0 radical (unpaired) electrons. The van der Waals surface area contributed by atoms with Gasteiger partial charge in [0.05, 0.1) is 11.6 Å². The van der Waals surface area contributed by atoms with Gasteiger partial charge < -0.3 is 10.1 Å². The van der Waals surface area contributed by atoms with Crippen molar-refractivity contribution < 1.29 is 13.5 Å². The van der Waals surface area contributed by atoms with E-state index in [9.17, 15) is 8.78 Å². The maximum Gasteiger partial charge on any atom is 0.133 e. The minimum atomic E-state index is -0.566. The molecule has 2 aromatic rings. The minimum Gasteiger partial charge on any atom is -0.496 e. The van der Waals surface area contributed by atoms with Gasteiger partial charge in [0.2, 0.25) is 0 Å². The molecular formula is C16H16BrF2NO. The molecule has 0 aliphatic carbocycles. The van der Waals surface area contributed by atoms with E-state index >= 15 is 0 Å². The van der Waals surface area contributed by atoms with Crippen LogP contribution in [0, 0.1) is 11.6 Å². The largest absolute Gasteiger partial charge is 0.496 e. The zero-order chi connectivity index (χ0) is 15.4. The predicted octanol–water partition coefficient (Wildman–Crippen LogP) is 4.59. The Kier molecular flexibility index (Phi) is 5.31. The molecule has 0 saturated heterocycles. The monoisotopic (exact) mass is 355 g/mol. The van der Waals surface area contributed by atoms with Crippen LogP contribution in [-0.4, -0.2) is 7.11 Å². The molecule has 0 aliphatic heterocycles. The molecule has 0 aromatic heterocycles. The third-order valence-electron chi connectivity index (χ3n) is 3.29. The molecule has 0 fully saturated rings. The van der Waals surface area contributed by atoms with Gasteiger partial charge in [-0.3, -0.25) is 0 Å². The van der Waals surface area contributed by atoms with E-state index in [-0.39, 0.29) is 6.04 Å². The third-order valence-corrected chi connectivity index (χ3v) is 3.91. The average molecular weight is 356 g/mol. The second-order valence-corrected chi connectivity index (χ2v) is 5.59. The molecule has 1 unspecified atom stereocenters. The highest BCUT2D eigenvalue weighted by atomic mass is 79.9. The zero-order valence-corrected chi connectivity index (χ0v) is 13.4. The number of methoxy groups -OCH3 is 1. The smallest absolute Gasteiger partial charge is 0.133 e. The maximum absolute atomic E-state index is 13.6. The molecule has 5 heteroatoms. The van der Waals surface area contributed by atoms with Crippen LogP contribution in [0.4, 0.5) is 8.78 Å². The van der Waals surface area contributed by atoms with Gasteiger partial charge in [0.1, 0.15) is 17.4 Å². The lowest BCUT2D eigenvalue weighted by molar-refractivity contribution is 0.411. The summed E-state index contributed by atoms with van der Waals surface area (Å²) in [6.45, 7) is 2.31. The number of hydrogen-bond acceptors (Lipinski definition) is 2. The van der Waals surface area contributed by atoms with Crippen molar-refractivity contribution in [3.63, 3.8) is 0 Å². The summed E-state index contributed by atoms with van der Waals surface area (Å²) in [5.41, 5.74) is 1.49. The standard InChI is InChI=1S/C16H16BrF2NO/c1-10(11-4-6-16(21-2)14(17)7-11)20-9-12-3-5-13(18)8-15(12)19/h3-8,10,20H,9H2,1-2H3. The van der Waals surface area contributed by atoms with Gasteiger partial charge >= 0.3 is 0 Å². The lowest BCUT2D eigenvalue weighted by Gasteiger charge is -2.16. The highest BCUT2D eigenvalue weighted by molar-refractivity contribution is 9.10. The number of nitrogens with one attached hydrogen (secondary N) is 1. The van der Waals surface area contributed by atoms with Gasteiger partial charge in [-0.25, -0.2) is 8.78 Å². The van der Waals surface area contributed by atoms with E-state index in [1.54, 1.807) is 7.11 Å². The van der Waals surface area contributed by atoms with Crippen LogP contribution in [-0.2, 0) is 6.54 Å². The van der Waals surface area contributed by atoms with Crippen LogP contribution >= 0.6 is 15.9 Å². The predicted molar refractivity (Wildman–Crippen MR) is 82.3 cm³/mol. The lowest BCUT2D eigenvalue weighted by atomic mass is 10.1. The first-order valence-corrected chi connectivity index (χ1v) is 7.31. The van der Waals surface area contributed by atoms with Crippen LogP contribution in [0.1, 0.15) is 24.1 Å². The fourth-order valence-corrected chi connectivity index (χ4v) is 2.56. The summed E-state index contributed by atoms with van der Waals surface area (Å²) in [7, 11) is 1.61. The summed E-state index contributed by atoms with van der Waals surface area (Å²) in [4.78, 5) is 0. The third kappa shape index (κ3) is 4.02. The molecule has 0 aliphatic rings. The van der Waals surface area contributed by atoms with Gasteiger partial charge in [0, 0.05) is 24.2 Å². The van der Waals surface area contributed by atoms with E-state index in [1.165, 1.54) is 12.1 Å². The van der Waals surface area contributed by atoms with Gasteiger partial charge in [-0.2, -0.15) is 0 Å². The van der Waals surface area contributed by atoms with Crippen molar-refractivity contribution in [2.24, 2.45) is 0 Å². The molecule has 0 spiro atoms. The van der Waals surface area contributed by atoms with E-state index in [2.05, 4.69) is 21.2 Å². The highest BCUT2D eigenvalue weighted by Crippen LogP contribution is 2.28. The molecule has 2 aromatic carbocycles. The molecule has 0 saturated carbocycles. The molecule has 112 valence electrons. The summed E-state index contributed by atoms with van der Waals surface area (Å²) < 4.78 is 32.5. The van der Waals surface area contributed by atoms with Crippen molar-refractivity contribution in [2.45, 2.75) is 19.5 Å². The number of benzene rings is 2. The molecule has 1 atom stereocenters. The van der Waals surface area contributed by atoms with Gasteiger partial charge in [-0.05, 0) is 46.6 Å². The van der Waals surface area contributed by atoms with E-state index < -0.39 is 11.6 Å². The van der Waals surface area contributed by atoms with E-state index in [0.29, 0.717) is 12.1 Å². The number of halogens is 3. The Bertz CT molecular complexity index is 634. The fraction of sp³-hybridized carbons (Fsp3) is 0.250. The first kappa shape index (κ1) is 15.9. The molecule has 2 rings (SSSR count). The van der Waals surface area contributed by atoms with Crippen LogP contribution in [0.25, 0.3) is 0 Å². The molecule has 2 nitrogen and oxygen atoms in total. The zero-order valence-electron chi connectivity index (χ0n) is 11.8. The molecule has 0 amide bonds. The molecule has 21 heavy (non-hydrogen) atoms. The fourth-order valence-electron chi connectivity index (χ4n) is 2.00. The second-order valence-electron chi connectivity index (χ2n) is 4.73. The highest BCUT2D eigenvalue weighted by Gasteiger charge is 2.10. The second kappa shape index (κ2) is 7.00. The summed E-state index contributed by atoms with van der Waals surface area (Å²) in [6.07, 6.45) is 0. The Labute approximate surface area is 131 Å². The van der Waals surface area contributed by atoms with Crippen molar-refractivity contribution in [3.05, 3.63) is 63.6 Å². The van der Waals surface area contributed by atoms with Gasteiger partial charge in [-0.1, -0.05) is 12.1 Å². The topological polar surface area (TPSA) is 21.3 Å². The molecular weight excluding hydrogens is 340 g/mol. The first-order valence-electron chi connectivity index (χ1n) is 6.52. The SMILES string of the molecule is COc1ccc(C(C)NCc2ccc(F)cc2F)cc1Br. The van der Waals surface area contributed by atoms with Crippen LogP contribution in [0.15, 0.2) is 40.9 Å². The Hall–Kier alpha value is -1.46. The average Bonchev–Trinajstić information content (AvgIpc) is 2.46. The van der Waals surface area contributed by atoms with E-state index in [1.807, 2.05) is 25.1 Å². The Morgan fingerprint density at radius 3 is 2.57 bits per heavy atom.